The Morgan fingerprint density at radius 3 is 2.58 bits per heavy atom. The molecule has 2 N–H and O–H groups in total. The van der Waals surface area contributed by atoms with E-state index in [9.17, 15) is 0 Å². The van der Waals surface area contributed by atoms with E-state index in [1.807, 2.05) is 18.2 Å². The molecule has 3 heteroatoms. The Morgan fingerprint density at radius 2 is 2.00 bits per heavy atom. The lowest BCUT2D eigenvalue weighted by molar-refractivity contribution is 0.0915. The van der Waals surface area contributed by atoms with Crippen molar-refractivity contribution in [3.63, 3.8) is 0 Å². The average Bonchev–Trinajstić information content (AvgIpc) is 2.16. The lowest BCUT2D eigenvalue weighted by atomic mass is 10.3. The summed E-state index contributed by atoms with van der Waals surface area (Å²) in [6, 6.07) is 9.12. The van der Waals surface area contributed by atoms with Crippen LogP contribution in [0.15, 0.2) is 30.3 Å². The van der Waals surface area contributed by atoms with Gasteiger partial charge in [-0.15, -0.1) is 0 Å². The van der Waals surface area contributed by atoms with Crippen molar-refractivity contribution in [1.29, 1.82) is 0 Å². The number of aliphatic hydroxyl groups is 2. The van der Waals surface area contributed by atoms with Gasteiger partial charge in [0, 0.05) is 0 Å². The first-order valence-electron chi connectivity index (χ1n) is 3.66. The van der Waals surface area contributed by atoms with Gasteiger partial charge in [-0.1, -0.05) is 18.2 Å². The van der Waals surface area contributed by atoms with Crippen LogP contribution in [0.2, 0.25) is 0 Å². The number of rotatable bonds is 4. The molecule has 3 nitrogen and oxygen atoms in total. The van der Waals surface area contributed by atoms with E-state index in [4.69, 9.17) is 14.9 Å². The molecule has 12 heavy (non-hydrogen) atoms. The molecule has 0 saturated heterocycles. The summed E-state index contributed by atoms with van der Waals surface area (Å²) in [6.45, 7) is 0.767. The van der Waals surface area contributed by atoms with Crippen LogP contribution in [-0.4, -0.2) is 22.9 Å². The van der Waals surface area contributed by atoms with Gasteiger partial charge in [0.1, 0.15) is 25.1 Å². The van der Waals surface area contributed by atoms with Crippen LogP contribution in [0.25, 0.3) is 0 Å². The first kappa shape index (κ1) is 9.03. The van der Waals surface area contributed by atoms with Gasteiger partial charge in [-0.2, -0.15) is 0 Å². The molecule has 1 rings (SSSR count). The van der Waals surface area contributed by atoms with Crippen molar-refractivity contribution >= 4 is 0 Å². The van der Waals surface area contributed by atoms with Crippen LogP contribution in [0, 0.1) is 6.61 Å². The highest BCUT2D eigenvalue weighted by Gasteiger charge is 2.02. The summed E-state index contributed by atoms with van der Waals surface area (Å²) in [5, 5.41) is 17.2. The molecule has 1 atom stereocenters. The van der Waals surface area contributed by atoms with Gasteiger partial charge < -0.3 is 14.9 Å². The van der Waals surface area contributed by atoms with Crippen LogP contribution in [0.1, 0.15) is 0 Å². The highest BCUT2D eigenvalue weighted by molar-refractivity contribution is 5.20. The smallest absolute Gasteiger partial charge is 0.119 e. The highest BCUT2D eigenvalue weighted by Crippen LogP contribution is 2.08. The molecule has 0 saturated carbocycles. The van der Waals surface area contributed by atoms with Crippen molar-refractivity contribution in [2.24, 2.45) is 0 Å². The Bertz CT molecular complexity index is 210. The van der Waals surface area contributed by atoms with E-state index in [1.165, 1.54) is 0 Å². The summed E-state index contributed by atoms with van der Waals surface area (Å²) >= 11 is 0. The Kier molecular flexibility index (Phi) is 3.57. The molecular formula is C9H11O3. The van der Waals surface area contributed by atoms with Crippen molar-refractivity contribution in [3.05, 3.63) is 36.9 Å². The van der Waals surface area contributed by atoms with Gasteiger partial charge in [-0.05, 0) is 12.1 Å². The van der Waals surface area contributed by atoms with E-state index in [0.29, 0.717) is 12.4 Å². The number of hydrogen-bond acceptors (Lipinski definition) is 3. The van der Waals surface area contributed by atoms with E-state index >= 15 is 0 Å². The predicted octanol–water partition coefficient (Wildman–Crippen LogP) is 0.961. The average molecular weight is 167 g/mol. The standard InChI is InChI=1S/C9H11O3/c10-6-8(11)7-12-9-4-2-1-3-5-9/h1-6,8,10-11H,7H2. The first-order chi connectivity index (χ1) is 5.83. The molecule has 1 aromatic carbocycles. The van der Waals surface area contributed by atoms with Gasteiger partial charge >= 0.3 is 0 Å². The molecule has 1 aromatic rings. The van der Waals surface area contributed by atoms with Gasteiger partial charge in [0.2, 0.25) is 0 Å². The van der Waals surface area contributed by atoms with Crippen LogP contribution in [0.5, 0.6) is 5.75 Å². The number of benzene rings is 1. The topological polar surface area (TPSA) is 49.7 Å². The SMILES string of the molecule is O[CH]C(O)COc1ccccc1. The molecule has 1 radical (unpaired) electrons. The summed E-state index contributed by atoms with van der Waals surface area (Å²) in [7, 11) is 0. The number of hydrogen-bond donors (Lipinski definition) is 2. The highest BCUT2D eigenvalue weighted by atomic mass is 16.5. The third-order valence-corrected chi connectivity index (χ3v) is 1.34. The van der Waals surface area contributed by atoms with Gasteiger partial charge in [-0.3, -0.25) is 0 Å². The van der Waals surface area contributed by atoms with Gasteiger partial charge in [0.05, 0.1) is 0 Å². The monoisotopic (exact) mass is 167 g/mol. The van der Waals surface area contributed by atoms with Crippen molar-refractivity contribution in [1.82, 2.24) is 0 Å². The Morgan fingerprint density at radius 1 is 1.33 bits per heavy atom. The number of para-hydroxylation sites is 1. The molecule has 65 valence electrons. The molecule has 0 heterocycles. The van der Waals surface area contributed by atoms with Crippen LogP contribution in [0.3, 0.4) is 0 Å². The van der Waals surface area contributed by atoms with Crippen molar-refractivity contribution in [2.45, 2.75) is 6.10 Å². The van der Waals surface area contributed by atoms with Crippen molar-refractivity contribution in [2.75, 3.05) is 6.61 Å². The molecule has 0 aromatic heterocycles. The third-order valence-electron chi connectivity index (χ3n) is 1.34. The van der Waals surface area contributed by atoms with E-state index in [-0.39, 0.29) is 6.61 Å². The Balaban J connectivity index is 2.33. The predicted molar refractivity (Wildman–Crippen MR) is 44.2 cm³/mol. The largest absolute Gasteiger partial charge is 0.491 e. The zero-order valence-corrected chi connectivity index (χ0v) is 6.55. The molecule has 0 spiro atoms. The fourth-order valence-corrected chi connectivity index (χ4v) is 0.741. The second-order valence-electron chi connectivity index (χ2n) is 2.34. The summed E-state index contributed by atoms with van der Waals surface area (Å²) < 4.78 is 5.12. The molecule has 0 bridgehead atoms. The minimum atomic E-state index is -0.926. The summed E-state index contributed by atoms with van der Waals surface area (Å²) in [5.74, 6) is 0.679. The van der Waals surface area contributed by atoms with Crippen LogP contribution >= 0.6 is 0 Å². The number of aliphatic hydroxyl groups excluding tert-OH is 2. The summed E-state index contributed by atoms with van der Waals surface area (Å²) in [6.07, 6.45) is -0.926. The molecule has 0 aliphatic carbocycles. The third kappa shape index (κ3) is 2.90. The van der Waals surface area contributed by atoms with Crippen molar-refractivity contribution < 1.29 is 14.9 Å². The second kappa shape index (κ2) is 4.74. The van der Waals surface area contributed by atoms with Crippen LogP contribution in [-0.2, 0) is 0 Å². The van der Waals surface area contributed by atoms with Gasteiger partial charge in [-0.25, -0.2) is 0 Å². The minimum absolute atomic E-state index is 0.0700. The van der Waals surface area contributed by atoms with E-state index in [0.717, 1.165) is 0 Å². The Hall–Kier alpha value is -1.06. The minimum Gasteiger partial charge on any atom is -0.491 e. The van der Waals surface area contributed by atoms with Gasteiger partial charge in [0.25, 0.3) is 0 Å². The maximum atomic E-state index is 8.89. The van der Waals surface area contributed by atoms with Gasteiger partial charge in [0.15, 0.2) is 0 Å². The zero-order chi connectivity index (χ0) is 8.81. The maximum Gasteiger partial charge on any atom is 0.119 e. The van der Waals surface area contributed by atoms with E-state index in [2.05, 4.69) is 0 Å². The molecular weight excluding hydrogens is 156 g/mol. The molecule has 0 aliphatic rings. The Labute approximate surface area is 71.2 Å². The quantitative estimate of drug-likeness (QED) is 0.702. The van der Waals surface area contributed by atoms with E-state index < -0.39 is 6.10 Å². The van der Waals surface area contributed by atoms with Crippen molar-refractivity contribution in [3.8, 4) is 5.75 Å². The van der Waals surface area contributed by atoms with E-state index in [1.54, 1.807) is 12.1 Å². The fourth-order valence-electron chi connectivity index (χ4n) is 0.741. The van der Waals surface area contributed by atoms with Crippen LogP contribution < -0.4 is 4.74 Å². The summed E-state index contributed by atoms with van der Waals surface area (Å²) in [5.41, 5.74) is 0. The van der Waals surface area contributed by atoms with Crippen LogP contribution in [0.4, 0.5) is 0 Å². The molecule has 0 aliphatic heterocycles. The summed E-state index contributed by atoms with van der Waals surface area (Å²) in [4.78, 5) is 0. The number of ether oxygens (including phenoxy) is 1. The second-order valence-corrected chi connectivity index (χ2v) is 2.34. The maximum absolute atomic E-state index is 8.89. The fraction of sp³-hybridized carbons (Fsp3) is 0.222. The molecule has 0 fully saturated rings. The zero-order valence-electron chi connectivity index (χ0n) is 6.55. The normalized spacial score (nSPS) is 12.5. The molecule has 1 unspecified atom stereocenters. The molecule has 0 amide bonds. The lowest BCUT2D eigenvalue weighted by Crippen LogP contribution is -2.17. The first-order valence-corrected chi connectivity index (χ1v) is 3.66. The lowest BCUT2D eigenvalue weighted by Gasteiger charge is -2.08.